The van der Waals surface area contributed by atoms with Gasteiger partial charge in [0.2, 0.25) is 10.0 Å². The summed E-state index contributed by atoms with van der Waals surface area (Å²) in [6.45, 7) is 4.83. The van der Waals surface area contributed by atoms with E-state index in [1.165, 1.54) is 19.2 Å². The van der Waals surface area contributed by atoms with Crippen LogP contribution < -0.4 is 9.62 Å². The molecule has 2 atom stereocenters. The lowest BCUT2D eigenvalue weighted by Gasteiger charge is -2.36. The minimum absolute atomic E-state index is 0.0518. The quantitative estimate of drug-likeness (QED) is 0.656. The number of sulfonamides is 1. The number of nitrogens with zero attached hydrogens (tertiary/aromatic N) is 2. The van der Waals surface area contributed by atoms with Gasteiger partial charge in [0.1, 0.15) is 5.69 Å². The van der Waals surface area contributed by atoms with E-state index >= 15 is 0 Å². The predicted molar refractivity (Wildman–Crippen MR) is 81.6 cm³/mol. The summed E-state index contributed by atoms with van der Waals surface area (Å²) in [4.78, 5) is 12.5. The predicted octanol–water partition coefficient (Wildman–Crippen LogP) is 1.12. The number of nitro groups is 1. The number of nitrogens with one attached hydrogen (secondary N) is 1. The van der Waals surface area contributed by atoms with Crippen LogP contribution in [0.25, 0.3) is 0 Å². The van der Waals surface area contributed by atoms with Crippen molar-refractivity contribution in [3.63, 3.8) is 0 Å². The van der Waals surface area contributed by atoms with Crippen molar-refractivity contribution in [3.05, 3.63) is 28.3 Å². The largest absolute Gasteiger partial charge is 0.372 e. The molecule has 0 bridgehead atoms. The molecule has 9 heteroatoms. The maximum absolute atomic E-state index is 11.8. The second-order valence-electron chi connectivity index (χ2n) is 5.28. The Morgan fingerprint density at radius 1 is 1.32 bits per heavy atom. The number of morpholine rings is 1. The van der Waals surface area contributed by atoms with Crippen LogP contribution in [0.2, 0.25) is 0 Å². The van der Waals surface area contributed by atoms with Crippen LogP contribution in [0.3, 0.4) is 0 Å². The Morgan fingerprint density at radius 3 is 2.41 bits per heavy atom. The van der Waals surface area contributed by atoms with Crippen molar-refractivity contribution < 1.29 is 18.1 Å². The summed E-state index contributed by atoms with van der Waals surface area (Å²) in [5, 5.41) is 11.3. The number of benzene rings is 1. The fourth-order valence-electron chi connectivity index (χ4n) is 2.58. The highest BCUT2D eigenvalue weighted by atomic mass is 32.2. The van der Waals surface area contributed by atoms with Crippen LogP contribution in [0, 0.1) is 10.1 Å². The molecular weight excluding hydrogens is 310 g/mol. The van der Waals surface area contributed by atoms with Crippen molar-refractivity contribution >= 4 is 21.4 Å². The average molecular weight is 329 g/mol. The van der Waals surface area contributed by atoms with E-state index in [-0.39, 0.29) is 22.8 Å². The Balaban J connectivity index is 2.46. The molecule has 0 aromatic heterocycles. The normalized spacial score (nSPS) is 22.6. The van der Waals surface area contributed by atoms with E-state index in [9.17, 15) is 18.5 Å². The van der Waals surface area contributed by atoms with Crippen molar-refractivity contribution in [3.8, 4) is 0 Å². The number of ether oxygens (including phenoxy) is 1. The van der Waals surface area contributed by atoms with Gasteiger partial charge in [-0.1, -0.05) is 0 Å². The Morgan fingerprint density at radius 2 is 1.91 bits per heavy atom. The molecule has 0 aliphatic carbocycles. The summed E-state index contributed by atoms with van der Waals surface area (Å²) in [6.07, 6.45) is -0.104. The Bertz CT molecular complexity index is 666. The van der Waals surface area contributed by atoms with Crippen LogP contribution in [0.1, 0.15) is 13.8 Å². The fourth-order valence-corrected chi connectivity index (χ4v) is 3.33. The summed E-state index contributed by atoms with van der Waals surface area (Å²) < 4.78 is 31.4. The zero-order valence-electron chi connectivity index (χ0n) is 12.6. The van der Waals surface area contributed by atoms with Crippen molar-refractivity contribution in [1.29, 1.82) is 0 Å². The van der Waals surface area contributed by atoms with Gasteiger partial charge in [0, 0.05) is 19.2 Å². The maximum Gasteiger partial charge on any atom is 0.293 e. The van der Waals surface area contributed by atoms with Gasteiger partial charge in [-0.3, -0.25) is 10.1 Å². The molecule has 0 amide bonds. The SMILES string of the molecule is CNS(=O)(=O)c1ccc(N2C[C@@H](C)O[C@@H](C)C2)c([N+](=O)[O-])c1. The molecular formula is C13H19N3O5S. The van der Waals surface area contributed by atoms with E-state index in [2.05, 4.69) is 4.72 Å². The lowest BCUT2D eigenvalue weighted by molar-refractivity contribution is -0.384. The number of anilines is 1. The van der Waals surface area contributed by atoms with Gasteiger partial charge in [-0.2, -0.15) is 0 Å². The van der Waals surface area contributed by atoms with Gasteiger partial charge in [0.15, 0.2) is 0 Å². The van der Waals surface area contributed by atoms with Gasteiger partial charge < -0.3 is 9.64 Å². The molecule has 0 spiro atoms. The molecule has 1 aromatic rings. The molecule has 1 fully saturated rings. The molecule has 0 saturated carbocycles. The third-order valence-corrected chi connectivity index (χ3v) is 4.89. The number of nitro benzene ring substituents is 1. The van der Waals surface area contributed by atoms with Crippen molar-refractivity contribution in [1.82, 2.24) is 4.72 Å². The first-order valence-electron chi connectivity index (χ1n) is 6.87. The summed E-state index contributed by atoms with van der Waals surface area (Å²) in [6, 6.07) is 3.94. The number of rotatable bonds is 4. The van der Waals surface area contributed by atoms with Crippen LogP contribution in [-0.4, -0.2) is 45.7 Å². The number of hydrogen-bond acceptors (Lipinski definition) is 6. The minimum Gasteiger partial charge on any atom is -0.372 e. The molecule has 1 heterocycles. The first-order chi connectivity index (χ1) is 10.2. The van der Waals surface area contributed by atoms with E-state index in [0.717, 1.165) is 6.07 Å². The molecule has 122 valence electrons. The van der Waals surface area contributed by atoms with Crippen LogP contribution >= 0.6 is 0 Å². The van der Waals surface area contributed by atoms with Gasteiger partial charge in [-0.25, -0.2) is 13.1 Å². The summed E-state index contributed by atoms with van der Waals surface area (Å²) in [7, 11) is -2.46. The molecule has 22 heavy (non-hydrogen) atoms. The van der Waals surface area contributed by atoms with Gasteiger partial charge in [-0.15, -0.1) is 0 Å². The van der Waals surface area contributed by atoms with Crippen LogP contribution in [-0.2, 0) is 14.8 Å². The zero-order chi connectivity index (χ0) is 16.5. The van der Waals surface area contributed by atoms with E-state index in [1.807, 2.05) is 18.7 Å². The Hall–Kier alpha value is -1.71. The van der Waals surface area contributed by atoms with E-state index in [4.69, 9.17) is 4.74 Å². The van der Waals surface area contributed by atoms with Gasteiger partial charge >= 0.3 is 0 Å². The van der Waals surface area contributed by atoms with Crippen LogP contribution in [0.15, 0.2) is 23.1 Å². The molecule has 1 N–H and O–H groups in total. The van der Waals surface area contributed by atoms with Crippen LogP contribution in [0.4, 0.5) is 11.4 Å². The second-order valence-corrected chi connectivity index (χ2v) is 7.16. The van der Waals surface area contributed by atoms with Crippen LogP contribution in [0.5, 0.6) is 0 Å². The molecule has 0 unspecified atom stereocenters. The maximum atomic E-state index is 11.8. The molecule has 1 aromatic carbocycles. The zero-order valence-corrected chi connectivity index (χ0v) is 13.5. The van der Waals surface area contributed by atoms with Gasteiger partial charge in [-0.05, 0) is 33.0 Å². The number of hydrogen-bond donors (Lipinski definition) is 1. The van der Waals surface area contributed by atoms with E-state index in [0.29, 0.717) is 18.8 Å². The molecule has 0 radical (unpaired) electrons. The first-order valence-corrected chi connectivity index (χ1v) is 8.35. The highest BCUT2D eigenvalue weighted by molar-refractivity contribution is 7.89. The lowest BCUT2D eigenvalue weighted by Crippen LogP contribution is -2.45. The van der Waals surface area contributed by atoms with E-state index < -0.39 is 14.9 Å². The molecule has 8 nitrogen and oxygen atoms in total. The summed E-state index contributed by atoms with van der Waals surface area (Å²) >= 11 is 0. The van der Waals surface area contributed by atoms with Crippen molar-refractivity contribution in [2.24, 2.45) is 0 Å². The van der Waals surface area contributed by atoms with E-state index in [1.54, 1.807) is 0 Å². The Kier molecular flexibility index (Phi) is 4.69. The second kappa shape index (κ2) is 6.19. The third kappa shape index (κ3) is 3.37. The first kappa shape index (κ1) is 16.7. The summed E-state index contributed by atoms with van der Waals surface area (Å²) in [5.41, 5.74) is 0.180. The standard InChI is InChI=1S/C13H19N3O5S/c1-9-7-15(8-10(2)21-9)12-5-4-11(22(19,20)14-3)6-13(12)16(17)18/h4-6,9-10,14H,7-8H2,1-3H3/t9-,10+. The Labute approximate surface area is 129 Å². The monoisotopic (exact) mass is 329 g/mol. The van der Waals surface area contributed by atoms with Crippen molar-refractivity contribution in [2.75, 3.05) is 25.0 Å². The van der Waals surface area contributed by atoms with Gasteiger partial charge in [0.05, 0.1) is 22.0 Å². The lowest BCUT2D eigenvalue weighted by atomic mass is 10.2. The highest BCUT2D eigenvalue weighted by Gasteiger charge is 2.28. The molecule has 1 aliphatic rings. The summed E-state index contributed by atoms with van der Waals surface area (Å²) in [5.74, 6) is 0. The topological polar surface area (TPSA) is 102 Å². The minimum atomic E-state index is -3.72. The molecule has 2 rings (SSSR count). The fraction of sp³-hybridized carbons (Fsp3) is 0.538. The molecule has 1 aliphatic heterocycles. The van der Waals surface area contributed by atoms with Gasteiger partial charge in [0.25, 0.3) is 5.69 Å². The average Bonchev–Trinajstić information content (AvgIpc) is 2.45. The third-order valence-electron chi connectivity index (χ3n) is 3.48. The molecule has 1 saturated heterocycles. The van der Waals surface area contributed by atoms with Crippen molar-refractivity contribution in [2.45, 2.75) is 31.0 Å². The highest BCUT2D eigenvalue weighted by Crippen LogP contribution is 2.32. The smallest absolute Gasteiger partial charge is 0.293 e.